The van der Waals surface area contributed by atoms with Crippen molar-refractivity contribution in [2.24, 2.45) is 0 Å². The van der Waals surface area contributed by atoms with Gasteiger partial charge in [-0.25, -0.2) is 8.42 Å². The Morgan fingerprint density at radius 2 is 1.90 bits per heavy atom. The van der Waals surface area contributed by atoms with Crippen LogP contribution in [0, 0.1) is 0 Å². The molecular formula is C15H26N2O2S2. The van der Waals surface area contributed by atoms with Crippen molar-refractivity contribution in [2.45, 2.75) is 62.2 Å². The highest BCUT2D eigenvalue weighted by atomic mass is 32.2. The van der Waals surface area contributed by atoms with Crippen LogP contribution in [0.3, 0.4) is 0 Å². The van der Waals surface area contributed by atoms with Crippen molar-refractivity contribution < 1.29 is 8.42 Å². The Morgan fingerprint density at radius 1 is 1.24 bits per heavy atom. The van der Waals surface area contributed by atoms with Gasteiger partial charge in [0.15, 0.2) is 0 Å². The number of rotatable bonds is 6. The van der Waals surface area contributed by atoms with Gasteiger partial charge in [-0.2, -0.15) is 4.31 Å². The summed E-state index contributed by atoms with van der Waals surface area (Å²) in [5, 5.41) is 3.46. The minimum Gasteiger partial charge on any atom is -0.314 e. The Labute approximate surface area is 132 Å². The molecule has 1 aliphatic rings. The largest absolute Gasteiger partial charge is 0.314 e. The fraction of sp³-hybridized carbons (Fsp3) is 0.733. The van der Waals surface area contributed by atoms with E-state index in [2.05, 4.69) is 12.2 Å². The number of sulfonamides is 1. The van der Waals surface area contributed by atoms with Crippen LogP contribution in [0.4, 0.5) is 0 Å². The van der Waals surface area contributed by atoms with Crippen LogP contribution in [0.25, 0.3) is 0 Å². The Hall–Kier alpha value is -0.430. The van der Waals surface area contributed by atoms with Gasteiger partial charge in [0.05, 0.1) is 0 Å². The zero-order chi connectivity index (χ0) is 15.5. The van der Waals surface area contributed by atoms with Crippen molar-refractivity contribution in [3.05, 3.63) is 17.0 Å². The van der Waals surface area contributed by atoms with Crippen LogP contribution in [-0.2, 0) is 16.4 Å². The van der Waals surface area contributed by atoms with E-state index in [1.807, 2.05) is 13.0 Å². The van der Waals surface area contributed by atoms with E-state index in [-0.39, 0.29) is 6.04 Å². The molecule has 0 aliphatic heterocycles. The van der Waals surface area contributed by atoms with E-state index in [0.29, 0.717) is 10.3 Å². The first-order valence-electron chi connectivity index (χ1n) is 7.79. The molecular weight excluding hydrogens is 304 g/mol. The van der Waals surface area contributed by atoms with E-state index in [0.717, 1.165) is 43.5 Å². The summed E-state index contributed by atoms with van der Waals surface area (Å²) in [5.41, 5.74) is 0. The van der Waals surface area contributed by atoms with Crippen LogP contribution in [0.1, 0.15) is 44.4 Å². The van der Waals surface area contributed by atoms with Crippen molar-refractivity contribution in [3.63, 3.8) is 0 Å². The highest BCUT2D eigenvalue weighted by Crippen LogP contribution is 2.30. The van der Waals surface area contributed by atoms with Gasteiger partial charge >= 0.3 is 0 Å². The molecule has 1 aliphatic carbocycles. The SMILES string of the molecule is CCNC1CCC(N(C)S(=O)(=O)c2ccc(CC)s2)CC1. The van der Waals surface area contributed by atoms with E-state index in [1.54, 1.807) is 17.4 Å². The third-order valence-electron chi connectivity index (χ3n) is 4.32. The fourth-order valence-corrected chi connectivity index (χ4v) is 5.85. The molecule has 4 nitrogen and oxygen atoms in total. The molecule has 120 valence electrons. The van der Waals surface area contributed by atoms with Crippen molar-refractivity contribution >= 4 is 21.4 Å². The van der Waals surface area contributed by atoms with Gasteiger partial charge in [-0.1, -0.05) is 13.8 Å². The molecule has 0 amide bonds. The van der Waals surface area contributed by atoms with E-state index in [1.165, 1.54) is 11.3 Å². The number of thiophene rings is 1. The summed E-state index contributed by atoms with van der Waals surface area (Å²) >= 11 is 1.40. The summed E-state index contributed by atoms with van der Waals surface area (Å²) in [7, 11) is -1.59. The predicted octanol–water partition coefficient (Wildman–Crippen LogP) is 2.85. The molecule has 2 rings (SSSR count). The van der Waals surface area contributed by atoms with Crippen molar-refractivity contribution in [3.8, 4) is 0 Å². The smallest absolute Gasteiger partial charge is 0.252 e. The Morgan fingerprint density at radius 3 is 2.43 bits per heavy atom. The first kappa shape index (κ1) is 16.9. The minimum absolute atomic E-state index is 0.136. The molecule has 6 heteroatoms. The predicted molar refractivity (Wildman–Crippen MR) is 88.4 cm³/mol. The second kappa shape index (κ2) is 7.22. The molecule has 0 aromatic carbocycles. The fourth-order valence-electron chi connectivity index (χ4n) is 2.96. The van der Waals surface area contributed by atoms with Crippen LogP contribution in [0.5, 0.6) is 0 Å². The lowest BCUT2D eigenvalue weighted by atomic mass is 9.91. The van der Waals surface area contributed by atoms with Gasteiger partial charge in [0, 0.05) is 24.0 Å². The monoisotopic (exact) mass is 330 g/mol. The van der Waals surface area contributed by atoms with Crippen LogP contribution >= 0.6 is 11.3 Å². The van der Waals surface area contributed by atoms with Crippen LogP contribution in [0.2, 0.25) is 0 Å². The van der Waals surface area contributed by atoms with Crippen molar-refractivity contribution in [1.29, 1.82) is 0 Å². The molecule has 1 fully saturated rings. The normalized spacial score (nSPS) is 23.6. The molecule has 0 atom stereocenters. The topological polar surface area (TPSA) is 49.4 Å². The molecule has 21 heavy (non-hydrogen) atoms. The molecule has 1 aromatic heterocycles. The van der Waals surface area contributed by atoms with Crippen molar-refractivity contribution in [1.82, 2.24) is 9.62 Å². The van der Waals surface area contributed by atoms with Crippen LogP contribution < -0.4 is 5.32 Å². The summed E-state index contributed by atoms with van der Waals surface area (Å²) in [6.45, 7) is 5.15. The lowest BCUT2D eigenvalue weighted by Crippen LogP contribution is -2.43. The number of aryl methyl sites for hydroxylation is 1. The number of nitrogens with zero attached hydrogens (tertiary/aromatic N) is 1. The second-order valence-corrected chi connectivity index (χ2v) is 9.05. The van der Waals surface area contributed by atoms with E-state index in [4.69, 9.17) is 0 Å². The first-order valence-corrected chi connectivity index (χ1v) is 10.0. The number of nitrogens with one attached hydrogen (secondary N) is 1. The summed E-state index contributed by atoms with van der Waals surface area (Å²) < 4.78 is 27.5. The lowest BCUT2D eigenvalue weighted by Gasteiger charge is -2.34. The Kier molecular flexibility index (Phi) is 5.82. The molecule has 1 aromatic rings. The highest BCUT2D eigenvalue weighted by Gasteiger charge is 2.32. The molecule has 0 saturated heterocycles. The van der Waals surface area contributed by atoms with Gasteiger partial charge in [-0.15, -0.1) is 11.3 Å². The third kappa shape index (κ3) is 3.86. The van der Waals surface area contributed by atoms with Crippen LogP contribution in [-0.4, -0.2) is 38.4 Å². The number of hydrogen-bond donors (Lipinski definition) is 1. The van der Waals surface area contributed by atoms with E-state index in [9.17, 15) is 8.42 Å². The highest BCUT2D eigenvalue weighted by molar-refractivity contribution is 7.91. The maximum atomic E-state index is 12.7. The average molecular weight is 331 g/mol. The van der Waals surface area contributed by atoms with E-state index < -0.39 is 10.0 Å². The van der Waals surface area contributed by atoms with Gasteiger partial charge in [0.25, 0.3) is 10.0 Å². The van der Waals surface area contributed by atoms with Gasteiger partial charge in [0.1, 0.15) is 4.21 Å². The molecule has 0 unspecified atom stereocenters. The maximum Gasteiger partial charge on any atom is 0.252 e. The summed E-state index contributed by atoms with van der Waals surface area (Å²) in [6, 6.07) is 4.36. The van der Waals surface area contributed by atoms with Crippen LogP contribution in [0.15, 0.2) is 16.3 Å². The molecule has 1 N–H and O–H groups in total. The third-order valence-corrected chi connectivity index (χ3v) is 7.93. The Balaban J connectivity index is 2.03. The minimum atomic E-state index is -3.33. The average Bonchev–Trinajstić information content (AvgIpc) is 2.97. The van der Waals surface area contributed by atoms with Gasteiger partial charge < -0.3 is 5.32 Å². The first-order chi connectivity index (χ1) is 9.98. The molecule has 1 saturated carbocycles. The standard InChI is InChI=1S/C15H26N2O2S2/c1-4-14-10-11-15(20-14)21(18,19)17(3)13-8-6-12(7-9-13)16-5-2/h10-13,16H,4-9H2,1-3H3. The lowest BCUT2D eigenvalue weighted by molar-refractivity contribution is 0.251. The van der Waals surface area contributed by atoms with E-state index >= 15 is 0 Å². The number of hydrogen-bond acceptors (Lipinski definition) is 4. The summed E-state index contributed by atoms with van der Waals surface area (Å²) in [6.07, 6.45) is 4.89. The zero-order valence-electron chi connectivity index (χ0n) is 13.1. The second-order valence-electron chi connectivity index (χ2n) is 5.66. The maximum absolute atomic E-state index is 12.7. The molecule has 1 heterocycles. The quantitative estimate of drug-likeness (QED) is 0.872. The molecule has 0 bridgehead atoms. The van der Waals surface area contributed by atoms with Crippen molar-refractivity contribution in [2.75, 3.05) is 13.6 Å². The van der Waals surface area contributed by atoms with Gasteiger partial charge in [0.2, 0.25) is 0 Å². The molecule has 0 spiro atoms. The summed E-state index contributed by atoms with van der Waals surface area (Å²) in [4.78, 5) is 1.12. The zero-order valence-corrected chi connectivity index (χ0v) is 14.8. The van der Waals surface area contributed by atoms with Gasteiger partial charge in [-0.3, -0.25) is 0 Å². The molecule has 0 radical (unpaired) electrons. The Bertz CT molecular complexity index is 546. The van der Waals surface area contributed by atoms with Gasteiger partial charge in [-0.05, 0) is 50.8 Å². The summed E-state index contributed by atoms with van der Waals surface area (Å²) in [5.74, 6) is 0.